The molecule has 2 atom stereocenters. The maximum absolute atomic E-state index is 13.5. The summed E-state index contributed by atoms with van der Waals surface area (Å²) in [5.41, 5.74) is 1.23. The number of benzene rings is 2. The smallest absolute Gasteiger partial charge is 0.251 e. The molecule has 2 aromatic carbocycles. The van der Waals surface area contributed by atoms with E-state index in [0.717, 1.165) is 11.1 Å². The number of hydrogen-bond donors (Lipinski definition) is 0. The highest BCUT2D eigenvalue weighted by Crippen LogP contribution is 2.66. The van der Waals surface area contributed by atoms with Crippen molar-refractivity contribution in [2.45, 2.75) is 25.0 Å². The van der Waals surface area contributed by atoms with Crippen LogP contribution in [0.4, 0.5) is 0 Å². The molecule has 0 N–H and O–H groups in total. The molecule has 0 amide bonds. The molecule has 4 nitrogen and oxygen atoms in total. The fourth-order valence-corrected chi connectivity index (χ4v) is 4.98. The lowest BCUT2D eigenvalue weighted by Crippen LogP contribution is -2.60. The molecule has 0 unspecified atom stereocenters. The molecule has 126 valence electrons. The largest absolute Gasteiger partial charge is 0.468 e. The Hall–Kier alpha value is -3.14. The highest BCUT2D eigenvalue weighted by atomic mass is 16.6. The molecule has 2 spiro atoms. The summed E-state index contributed by atoms with van der Waals surface area (Å²) in [5.74, 6) is 0.673. The molecular weight excluding hydrogens is 328 g/mol. The summed E-state index contributed by atoms with van der Waals surface area (Å²) >= 11 is 0. The SMILES string of the molecule is CC1=Cc2cccc3c2[C@]2(Oc4cccc5c4[C@]2(O3)C(=O)C(C)=C5)C1=O. The van der Waals surface area contributed by atoms with Crippen molar-refractivity contribution in [2.24, 2.45) is 0 Å². The van der Waals surface area contributed by atoms with Gasteiger partial charge in [-0.05, 0) is 60.4 Å². The Morgan fingerprint density at radius 3 is 1.54 bits per heavy atom. The lowest BCUT2D eigenvalue weighted by Gasteiger charge is -2.39. The van der Waals surface area contributed by atoms with Crippen molar-refractivity contribution in [3.05, 3.63) is 69.8 Å². The van der Waals surface area contributed by atoms with Crippen molar-refractivity contribution in [3.63, 3.8) is 0 Å². The minimum absolute atomic E-state index is 0.208. The van der Waals surface area contributed by atoms with Gasteiger partial charge in [0.05, 0.1) is 11.1 Å². The molecule has 2 aliphatic carbocycles. The first-order chi connectivity index (χ1) is 12.5. The van der Waals surface area contributed by atoms with Crippen molar-refractivity contribution in [2.75, 3.05) is 0 Å². The molecule has 2 aliphatic heterocycles. The van der Waals surface area contributed by atoms with Gasteiger partial charge in [-0.25, -0.2) is 0 Å². The highest BCUT2D eigenvalue weighted by Gasteiger charge is 2.77. The quantitative estimate of drug-likeness (QED) is 0.735. The maximum Gasteiger partial charge on any atom is 0.251 e. The van der Waals surface area contributed by atoms with Gasteiger partial charge in [-0.2, -0.15) is 0 Å². The van der Waals surface area contributed by atoms with Gasteiger partial charge in [-0.1, -0.05) is 24.3 Å². The van der Waals surface area contributed by atoms with Gasteiger partial charge in [0.1, 0.15) is 11.5 Å². The first-order valence-electron chi connectivity index (χ1n) is 8.62. The second-order valence-corrected chi connectivity index (χ2v) is 7.32. The standard InChI is InChI=1S/C22H14O4/c1-11-9-13-5-3-7-15-17(13)21(19(11)23)22(26-15)18-14(10-12(2)20(22)24)6-4-8-16(18)25-21/h3-10H,1-2H3/t21-,22-/m0/s1. The zero-order valence-electron chi connectivity index (χ0n) is 14.3. The molecule has 0 fully saturated rings. The summed E-state index contributed by atoms with van der Waals surface area (Å²) in [6.07, 6.45) is 3.69. The molecule has 0 saturated heterocycles. The van der Waals surface area contributed by atoms with Crippen LogP contribution in [0.3, 0.4) is 0 Å². The van der Waals surface area contributed by atoms with E-state index in [1.165, 1.54) is 0 Å². The van der Waals surface area contributed by atoms with Crippen molar-refractivity contribution in [3.8, 4) is 11.5 Å². The number of hydrogen-bond acceptors (Lipinski definition) is 4. The van der Waals surface area contributed by atoms with Crippen LogP contribution in [-0.4, -0.2) is 11.6 Å². The van der Waals surface area contributed by atoms with Gasteiger partial charge in [-0.3, -0.25) is 9.59 Å². The number of rotatable bonds is 0. The van der Waals surface area contributed by atoms with Crippen LogP contribution in [0.15, 0.2) is 47.5 Å². The summed E-state index contributed by atoms with van der Waals surface area (Å²) in [6.45, 7) is 3.53. The monoisotopic (exact) mass is 342 g/mol. The van der Waals surface area contributed by atoms with Crippen LogP contribution in [0, 0.1) is 0 Å². The van der Waals surface area contributed by atoms with Gasteiger partial charge in [-0.15, -0.1) is 0 Å². The highest BCUT2D eigenvalue weighted by molar-refractivity contribution is 6.20. The van der Waals surface area contributed by atoms with Gasteiger partial charge < -0.3 is 9.47 Å². The second kappa shape index (κ2) is 3.98. The van der Waals surface area contributed by atoms with Crippen LogP contribution < -0.4 is 9.47 Å². The van der Waals surface area contributed by atoms with Crippen LogP contribution in [0.5, 0.6) is 11.5 Å². The average molecular weight is 342 g/mol. The summed E-state index contributed by atoms with van der Waals surface area (Å²) in [7, 11) is 0. The van der Waals surface area contributed by atoms with Crippen LogP contribution >= 0.6 is 0 Å². The molecule has 26 heavy (non-hydrogen) atoms. The number of carbonyl (C=O) groups excluding carboxylic acids is 2. The van der Waals surface area contributed by atoms with Crippen LogP contribution in [0.2, 0.25) is 0 Å². The fraction of sp³-hybridized carbons (Fsp3) is 0.182. The number of ether oxygens (including phenoxy) is 2. The Morgan fingerprint density at radius 2 is 1.12 bits per heavy atom. The van der Waals surface area contributed by atoms with Crippen molar-refractivity contribution < 1.29 is 19.1 Å². The van der Waals surface area contributed by atoms with Crippen LogP contribution in [-0.2, 0) is 20.8 Å². The van der Waals surface area contributed by atoms with Crippen LogP contribution in [0.25, 0.3) is 12.2 Å². The average Bonchev–Trinajstić information content (AvgIpc) is 3.06. The van der Waals surface area contributed by atoms with E-state index >= 15 is 0 Å². The van der Waals surface area contributed by atoms with E-state index in [1.807, 2.05) is 48.6 Å². The topological polar surface area (TPSA) is 52.6 Å². The summed E-state index contributed by atoms with van der Waals surface area (Å²) in [6, 6.07) is 11.2. The minimum atomic E-state index is -1.48. The van der Waals surface area contributed by atoms with Crippen molar-refractivity contribution >= 4 is 23.7 Å². The number of carbonyl (C=O) groups is 2. The normalized spacial score (nSPS) is 29.2. The third kappa shape index (κ3) is 1.17. The van der Waals surface area contributed by atoms with Crippen molar-refractivity contribution in [1.29, 1.82) is 0 Å². The first kappa shape index (κ1) is 14.1. The van der Waals surface area contributed by atoms with Gasteiger partial charge in [0, 0.05) is 0 Å². The van der Waals surface area contributed by atoms with Gasteiger partial charge in [0.25, 0.3) is 11.2 Å². The Balaban J connectivity index is 1.83. The summed E-state index contributed by atoms with van der Waals surface area (Å²) in [4.78, 5) is 27.1. The van der Waals surface area contributed by atoms with E-state index in [4.69, 9.17) is 9.47 Å². The third-order valence-electron chi connectivity index (χ3n) is 5.94. The fourth-order valence-electron chi connectivity index (χ4n) is 4.98. The molecule has 4 aliphatic rings. The maximum atomic E-state index is 13.5. The van der Waals surface area contributed by atoms with Crippen molar-refractivity contribution in [1.82, 2.24) is 0 Å². The van der Waals surface area contributed by atoms with E-state index in [9.17, 15) is 9.59 Å². The lowest BCUT2D eigenvalue weighted by molar-refractivity contribution is -0.157. The zero-order chi connectivity index (χ0) is 17.8. The van der Waals surface area contributed by atoms with E-state index in [1.54, 1.807) is 13.8 Å². The Labute approximate surface area is 149 Å². The minimum Gasteiger partial charge on any atom is -0.468 e. The second-order valence-electron chi connectivity index (χ2n) is 7.32. The molecule has 6 rings (SSSR count). The molecule has 2 aromatic rings. The number of ketones is 2. The van der Waals surface area contributed by atoms with E-state index < -0.39 is 11.2 Å². The molecular formula is C22H14O4. The molecule has 0 saturated carbocycles. The van der Waals surface area contributed by atoms with E-state index in [2.05, 4.69) is 0 Å². The molecule has 0 radical (unpaired) electrons. The molecule has 4 heteroatoms. The molecule has 0 aromatic heterocycles. The van der Waals surface area contributed by atoms with Crippen LogP contribution in [0.1, 0.15) is 36.1 Å². The third-order valence-corrected chi connectivity index (χ3v) is 5.94. The first-order valence-corrected chi connectivity index (χ1v) is 8.62. The Morgan fingerprint density at radius 1 is 0.692 bits per heavy atom. The Bertz CT molecular complexity index is 1060. The lowest BCUT2D eigenvalue weighted by atomic mass is 9.64. The predicted octanol–water partition coefficient (Wildman–Crippen LogP) is 3.53. The predicted molar refractivity (Wildman–Crippen MR) is 94.8 cm³/mol. The van der Waals surface area contributed by atoms with E-state index in [0.29, 0.717) is 33.8 Å². The van der Waals surface area contributed by atoms with Gasteiger partial charge in [0.15, 0.2) is 0 Å². The van der Waals surface area contributed by atoms with E-state index in [-0.39, 0.29) is 11.6 Å². The summed E-state index contributed by atoms with van der Waals surface area (Å²) in [5, 5.41) is 0. The summed E-state index contributed by atoms with van der Waals surface area (Å²) < 4.78 is 12.7. The Kier molecular flexibility index (Phi) is 2.16. The van der Waals surface area contributed by atoms with Gasteiger partial charge >= 0.3 is 0 Å². The number of Topliss-reactive ketones (excluding diaryl/α,β-unsaturated/α-hetero) is 2. The molecule has 0 bridgehead atoms. The molecule has 2 heterocycles. The zero-order valence-corrected chi connectivity index (χ0v) is 14.3. The van der Waals surface area contributed by atoms with Gasteiger partial charge in [0.2, 0.25) is 11.6 Å².